The molecule has 3 N–H and O–H groups in total. The molecule has 2 aliphatic carbocycles. The lowest BCUT2D eigenvalue weighted by molar-refractivity contribution is -0.137. The third kappa shape index (κ3) is 5.68. The minimum absolute atomic E-state index is 0.227. The second kappa shape index (κ2) is 10.1. The summed E-state index contributed by atoms with van der Waals surface area (Å²) < 4.78 is 0. The van der Waals surface area contributed by atoms with Gasteiger partial charge in [0.2, 0.25) is 0 Å². The fourth-order valence-corrected chi connectivity index (χ4v) is 4.64. The van der Waals surface area contributed by atoms with Crippen LogP contribution in [-0.2, 0) is 4.79 Å². The monoisotopic (exact) mass is 383 g/mol. The maximum Gasteiger partial charge on any atom is 0.339 e. The van der Waals surface area contributed by atoms with Gasteiger partial charge in [-0.1, -0.05) is 30.4 Å². The Morgan fingerprint density at radius 1 is 1.14 bits per heavy atom. The molecule has 2 fully saturated rings. The molecule has 6 heteroatoms. The number of unbranched alkanes of at least 4 members (excludes halogenated alkanes) is 1. The topological polar surface area (TPSA) is 90.8 Å². The maximum absolute atomic E-state index is 12.0. The average Bonchev–Trinajstić information content (AvgIpc) is 3.27. The van der Waals surface area contributed by atoms with Crippen molar-refractivity contribution in [3.63, 3.8) is 0 Å². The lowest BCUT2D eigenvalue weighted by Crippen LogP contribution is -2.27. The summed E-state index contributed by atoms with van der Waals surface area (Å²) >= 11 is 0. The van der Waals surface area contributed by atoms with Crippen LogP contribution in [0.15, 0.2) is 47.6 Å². The number of carbonyl (C=O) groups excluding carboxylic acids is 1. The van der Waals surface area contributed by atoms with Crippen LogP contribution >= 0.6 is 0 Å². The first-order valence-corrected chi connectivity index (χ1v) is 10.2. The van der Waals surface area contributed by atoms with E-state index in [4.69, 9.17) is 5.11 Å². The first-order valence-electron chi connectivity index (χ1n) is 10.2. The van der Waals surface area contributed by atoms with Crippen molar-refractivity contribution in [2.45, 2.75) is 44.9 Å². The Bertz CT molecular complexity index is 717. The van der Waals surface area contributed by atoms with E-state index in [1.165, 1.54) is 19.3 Å². The third-order valence-electron chi connectivity index (χ3n) is 5.94. The summed E-state index contributed by atoms with van der Waals surface area (Å²) in [5.74, 6) is 1.64. The number of hydrogen-bond acceptors (Lipinski definition) is 3. The van der Waals surface area contributed by atoms with Crippen molar-refractivity contribution in [2.75, 3.05) is 5.32 Å². The number of carboxylic acid groups (broad SMARTS) is 1. The summed E-state index contributed by atoms with van der Waals surface area (Å²) in [6.07, 6.45) is 12.7. The van der Waals surface area contributed by atoms with Crippen LogP contribution in [0.3, 0.4) is 0 Å². The van der Waals surface area contributed by atoms with Gasteiger partial charge >= 0.3 is 12.0 Å². The molecule has 0 radical (unpaired) electrons. The van der Waals surface area contributed by atoms with Crippen LogP contribution < -0.4 is 10.7 Å². The molecular formula is C22H29N3O3. The Labute approximate surface area is 166 Å². The fourth-order valence-electron chi connectivity index (χ4n) is 4.64. The number of carbonyl (C=O) groups is 2. The van der Waals surface area contributed by atoms with Crippen LogP contribution in [0.4, 0.5) is 10.5 Å². The Hall–Kier alpha value is -2.63. The van der Waals surface area contributed by atoms with Gasteiger partial charge in [-0.2, -0.15) is 5.10 Å². The number of nitrogens with one attached hydrogen (secondary N) is 2. The summed E-state index contributed by atoms with van der Waals surface area (Å²) in [6, 6.07) is 8.97. The molecule has 2 bridgehead atoms. The molecule has 0 spiro atoms. The minimum atomic E-state index is -0.735. The standard InChI is InChI=1S/C22H29N3O3/c26-21(27)11-7-2-1-6-10-19-16-12-13-17(14-16)20(19)15-23-25-22(28)24-18-8-4-3-5-9-18/h1,3-6,8-9,15-17,19-20H,2,7,10-14H2,(H,26,27)(H2,24,25,28). The van der Waals surface area contributed by atoms with Gasteiger partial charge in [0.25, 0.3) is 0 Å². The lowest BCUT2D eigenvalue weighted by Gasteiger charge is -2.27. The molecule has 3 rings (SSSR count). The van der Waals surface area contributed by atoms with Crippen LogP contribution in [0, 0.1) is 23.7 Å². The molecule has 2 amide bonds. The van der Waals surface area contributed by atoms with E-state index in [1.54, 1.807) is 0 Å². The fraction of sp³-hybridized carbons (Fsp3) is 0.500. The second-order valence-corrected chi connectivity index (χ2v) is 7.78. The second-order valence-electron chi connectivity index (χ2n) is 7.78. The molecule has 0 aromatic heterocycles. The quantitative estimate of drug-likeness (QED) is 0.251. The van der Waals surface area contributed by atoms with Crippen molar-refractivity contribution >= 4 is 23.9 Å². The highest BCUT2D eigenvalue weighted by Crippen LogP contribution is 2.52. The molecule has 2 saturated carbocycles. The first kappa shape index (κ1) is 20.1. The predicted octanol–water partition coefficient (Wildman–Crippen LogP) is 4.66. The van der Waals surface area contributed by atoms with Gasteiger partial charge in [-0.25, -0.2) is 10.2 Å². The summed E-state index contributed by atoms with van der Waals surface area (Å²) in [6.45, 7) is 0. The van der Waals surface area contributed by atoms with E-state index in [1.807, 2.05) is 36.5 Å². The van der Waals surface area contributed by atoms with Gasteiger partial charge in [-0.3, -0.25) is 4.79 Å². The van der Waals surface area contributed by atoms with Crippen LogP contribution in [0.25, 0.3) is 0 Å². The van der Waals surface area contributed by atoms with Crippen molar-refractivity contribution in [2.24, 2.45) is 28.8 Å². The van der Waals surface area contributed by atoms with Gasteiger partial charge in [0.05, 0.1) is 0 Å². The van der Waals surface area contributed by atoms with Crippen LogP contribution in [0.5, 0.6) is 0 Å². The molecule has 6 nitrogen and oxygen atoms in total. The van der Waals surface area contributed by atoms with Crippen LogP contribution in [-0.4, -0.2) is 23.3 Å². The van der Waals surface area contributed by atoms with Crippen LogP contribution in [0.1, 0.15) is 44.9 Å². The molecule has 28 heavy (non-hydrogen) atoms. The predicted molar refractivity (Wildman–Crippen MR) is 110 cm³/mol. The number of rotatable bonds is 9. The molecule has 1 aromatic rings. The number of allylic oxidation sites excluding steroid dienone is 2. The van der Waals surface area contributed by atoms with Crippen molar-refractivity contribution in [1.82, 2.24) is 5.43 Å². The van der Waals surface area contributed by atoms with E-state index >= 15 is 0 Å². The molecule has 0 saturated heterocycles. The zero-order valence-electron chi connectivity index (χ0n) is 16.1. The Morgan fingerprint density at radius 3 is 2.71 bits per heavy atom. The number of aliphatic carboxylic acids is 1. The smallest absolute Gasteiger partial charge is 0.339 e. The number of nitrogens with zero attached hydrogens (tertiary/aromatic N) is 1. The summed E-state index contributed by atoms with van der Waals surface area (Å²) in [5.41, 5.74) is 3.32. The van der Waals surface area contributed by atoms with E-state index < -0.39 is 5.97 Å². The van der Waals surface area contributed by atoms with Gasteiger partial charge in [0.1, 0.15) is 0 Å². The Balaban J connectivity index is 1.46. The summed E-state index contributed by atoms with van der Waals surface area (Å²) in [7, 11) is 0. The number of benzene rings is 1. The number of fused-ring (bicyclic) bond motifs is 2. The molecular weight excluding hydrogens is 354 g/mol. The number of carboxylic acids is 1. The van der Waals surface area contributed by atoms with Crippen molar-refractivity contribution < 1.29 is 14.7 Å². The molecule has 4 unspecified atom stereocenters. The third-order valence-corrected chi connectivity index (χ3v) is 5.94. The van der Waals surface area contributed by atoms with Crippen molar-refractivity contribution in [3.05, 3.63) is 42.5 Å². The SMILES string of the molecule is O=C(O)CCCC=CCC1C2CCC(C2)C1C=NNC(=O)Nc1ccccc1. The highest BCUT2D eigenvalue weighted by Gasteiger charge is 2.45. The van der Waals surface area contributed by atoms with E-state index in [9.17, 15) is 9.59 Å². The first-order chi connectivity index (χ1) is 13.6. The number of hydrogen-bond donors (Lipinski definition) is 3. The molecule has 0 heterocycles. The van der Waals surface area contributed by atoms with E-state index in [0.717, 1.165) is 24.4 Å². The zero-order chi connectivity index (χ0) is 19.8. The minimum Gasteiger partial charge on any atom is -0.481 e. The van der Waals surface area contributed by atoms with Crippen molar-refractivity contribution in [1.29, 1.82) is 0 Å². The van der Waals surface area contributed by atoms with Gasteiger partial charge in [0.15, 0.2) is 0 Å². The van der Waals surface area contributed by atoms with E-state index in [2.05, 4.69) is 28.0 Å². The van der Waals surface area contributed by atoms with Crippen LogP contribution in [0.2, 0.25) is 0 Å². The summed E-state index contributed by atoms with van der Waals surface area (Å²) in [4.78, 5) is 22.5. The number of para-hydroxylation sites is 1. The number of anilines is 1. The van der Waals surface area contributed by atoms with Crippen molar-refractivity contribution in [3.8, 4) is 0 Å². The number of hydrazone groups is 1. The largest absolute Gasteiger partial charge is 0.481 e. The number of amides is 2. The summed E-state index contributed by atoms with van der Waals surface area (Å²) in [5, 5.41) is 15.7. The highest BCUT2D eigenvalue weighted by atomic mass is 16.4. The zero-order valence-corrected chi connectivity index (χ0v) is 16.1. The van der Waals surface area contributed by atoms with Gasteiger partial charge in [0, 0.05) is 24.2 Å². The van der Waals surface area contributed by atoms with Gasteiger partial charge in [-0.15, -0.1) is 0 Å². The van der Waals surface area contributed by atoms with E-state index in [-0.39, 0.29) is 12.5 Å². The number of urea groups is 1. The van der Waals surface area contributed by atoms with E-state index in [0.29, 0.717) is 24.2 Å². The normalized spacial score (nSPS) is 26.1. The Kier molecular flexibility index (Phi) is 7.23. The molecule has 2 aliphatic rings. The molecule has 1 aromatic carbocycles. The lowest BCUT2D eigenvalue weighted by atomic mass is 9.78. The molecule has 4 atom stereocenters. The maximum atomic E-state index is 12.0. The Morgan fingerprint density at radius 2 is 1.93 bits per heavy atom. The van der Waals surface area contributed by atoms with Gasteiger partial charge < -0.3 is 10.4 Å². The highest BCUT2D eigenvalue weighted by molar-refractivity contribution is 5.89. The molecule has 150 valence electrons. The molecule has 0 aliphatic heterocycles. The average molecular weight is 383 g/mol. The van der Waals surface area contributed by atoms with Gasteiger partial charge in [-0.05, 0) is 68.4 Å².